The number of carbonyl (C=O) groups is 1. The third-order valence-electron chi connectivity index (χ3n) is 3.90. The van der Waals surface area contributed by atoms with Crippen molar-refractivity contribution >= 4 is 49.5 Å². The van der Waals surface area contributed by atoms with Crippen LogP contribution >= 0.6 is 11.3 Å². The first-order valence-electron chi connectivity index (χ1n) is 8.14. The number of hydrogen-bond donors (Lipinski definition) is 1. The monoisotopic (exact) mass is 376 g/mol. The average molecular weight is 376 g/mol. The van der Waals surface area contributed by atoms with E-state index in [0.717, 1.165) is 9.40 Å². The van der Waals surface area contributed by atoms with Crippen molar-refractivity contribution in [3.8, 4) is 0 Å². The number of H-pyrrole nitrogens is 1. The van der Waals surface area contributed by atoms with Gasteiger partial charge in [-0.2, -0.15) is 0 Å². The number of carbonyl (C=O) groups excluding carboxylic acids is 1. The molecule has 4 rings (SSSR count). The van der Waals surface area contributed by atoms with Gasteiger partial charge >= 0.3 is 6.09 Å². The van der Waals surface area contributed by atoms with Crippen LogP contribution in [-0.4, -0.2) is 12.3 Å². The molecule has 2 aromatic heterocycles. The number of hydrogen-bond acceptors (Lipinski definition) is 5. The van der Waals surface area contributed by atoms with E-state index in [-0.39, 0.29) is 5.43 Å². The molecule has 0 saturated carbocycles. The molecule has 7 heteroatoms. The van der Waals surface area contributed by atoms with Crippen molar-refractivity contribution in [1.82, 2.24) is 0 Å². The van der Waals surface area contributed by atoms with Crippen LogP contribution < -0.4 is 15.7 Å². The molecule has 4 aromatic rings. The van der Waals surface area contributed by atoms with E-state index in [1.165, 1.54) is 6.21 Å². The molecule has 0 unspecified atom stereocenters. The number of amides is 1. The Morgan fingerprint density at radius 3 is 2.67 bits per heavy atom. The van der Waals surface area contributed by atoms with E-state index in [1.807, 2.05) is 36.4 Å². The minimum atomic E-state index is -0.698. The maximum Gasteiger partial charge on any atom is 0.437 e. The van der Waals surface area contributed by atoms with Gasteiger partial charge in [0.2, 0.25) is 0 Å². The summed E-state index contributed by atoms with van der Waals surface area (Å²) in [6.07, 6.45) is 4.06. The third-order valence-corrected chi connectivity index (χ3v) is 5.05. The topological polar surface area (TPSA) is 81.9 Å². The number of oxime groups is 1. The highest BCUT2D eigenvalue weighted by Gasteiger charge is 2.06. The second-order valence-electron chi connectivity index (χ2n) is 5.71. The summed E-state index contributed by atoms with van der Waals surface area (Å²) in [5.41, 5.74) is 1.24. The molecule has 0 bridgehead atoms. The molecule has 27 heavy (non-hydrogen) atoms. The van der Waals surface area contributed by atoms with Crippen molar-refractivity contribution in [3.05, 3.63) is 82.8 Å². The van der Waals surface area contributed by atoms with Crippen LogP contribution in [0.25, 0.3) is 20.2 Å². The second-order valence-corrected chi connectivity index (χ2v) is 6.79. The molecule has 0 saturated heterocycles. The van der Waals surface area contributed by atoms with Crippen LogP contribution in [-0.2, 0) is 4.84 Å². The first kappa shape index (κ1) is 16.9. The predicted molar refractivity (Wildman–Crippen MR) is 106 cm³/mol. The third kappa shape index (κ3) is 3.68. The average Bonchev–Trinajstić information content (AvgIpc) is 2.69. The van der Waals surface area contributed by atoms with Gasteiger partial charge in [-0.1, -0.05) is 23.4 Å². The lowest BCUT2D eigenvalue weighted by molar-refractivity contribution is -0.377. The SMILES string of the molecule is O=C(Nc1cc[nH+]cc1)ON=Cc1ccc2sc3ccccc3c(=O)c2c1. The van der Waals surface area contributed by atoms with Crippen molar-refractivity contribution in [2.45, 2.75) is 0 Å². The van der Waals surface area contributed by atoms with E-state index in [2.05, 4.69) is 15.5 Å². The minimum absolute atomic E-state index is 0.0193. The van der Waals surface area contributed by atoms with Crippen LogP contribution in [0.5, 0.6) is 0 Å². The molecule has 0 aliphatic carbocycles. The van der Waals surface area contributed by atoms with Gasteiger partial charge in [-0.25, -0.2) is 9.78 Å². The van der Waals surface area contributed by atoms with Gasteiger partial charge in [0.25, 0.3) is 0 Å². The summed E-state index contributed by atoms with van der Waals surface area (Å²) in [6.45, 7) is 0. The van der Waals surface area contributed by atoms with E-state index in [1.54, 1.807) is 41.9 Å². The van der Waals surface area contributed by atoms with E-state index < -0.39 is 6.09 Å². The largest absolute Gasteiger partial charge is 0.437 e. The molecule has 0 atom stereocenters. The molecular weight excluding hydrogens is 362 g/mol. The molecule has 0 aliphatic heterocycles. The number of aromatic amines is 1. The lowest BCUT2D eigenvalue weighted by atomic mass is 10.1. The highest BCUT2D eigenvalue weighted by atomic mass is 32.1. The molecule has 2 heterocycles. The zero-order chi connectivity index (χ0) is 18.6. The van der Waals surface area contributed by atoms with E-state index in [0.29, 0.717) is 22.0 Å². The molecule has 0 aliphatic rings. The maximum absolute atomic E-state index is 12.7. The molecule has 1 amide bonds. The number of fused-ring (bicyclic) bond motifs is 2. The van der Waals surface area contributed by atoms with Gasteiger partial charge in [0, 0.05) is 32.3 Å². The minimum Gasteiger partial charge on any atom is -0.298 e. The number of aromatic nitrogens is 1. The number of rotatable bonds is 3. The first-order valence-corrected chi connectivity index (χ1v) is 8.95. The van der Waals surface area contributed by atoms with Gasteiger partial charge in [0.15, 0.2) is 17.8 Å². The van der Waals surface area contributed by atoms with E-state index in [9.17, 15) is 9.59 Å². The zero-order valence-corrected chi connectivity index (χ0v) is 14.8. The Labute approximate surface area is 157 Å². The number of anilines is 1. The smallest absolute Gasteiger partial charge is 0.298 e. The summed E-state index contributed by atoms with van der Waals surface area (Å²) in [5.74, 6) is 0. The van der Waals surface area contributed by atoms with Crippen molar-refractivity contribution < 1.29 is 14.6 Å². The lowest BCUT2D eigenvalue weighted by Gasteiger charge is -2.02. The summed E-state index contributed by atoms with van der Waals surface area (Å²) >= 11 is 1.56. The Morgan fingerprint density at radius 2 is 1.81 bits per heavy atom. The number of nitrogens with zero attached hydrogens (tertiary/aromatic N) is 1. The maximum atomic E-state index is 12.7. The highest BCUT2D eigenvalue weighted by Crippen LogP contribution is 2.24. The van der Waals surface area contributed by atoms with Crippen molar-refractivity contribution in [1.29, 1.82) is 0 Å². The van der Waals surface area contributed by atoms with Gasteiger partial charge in [0.1, 0.15) is 0 Å². The molecule has 0 fully saturated rings. The van der Waals surface area contributed by atoms with Crippen LogP contribution in [0, 0.1) is 0 Å². The normalized spacial score (nSPS) is 11.1. The number of pyridine rings is 1. The summed E-state index contributed by atoms with van der Waals surface area (Å²) in [7, 11) is 0. The number of nitrogens with one attached hydrogen (secondary N) is 2. The van der Waals surface area contributed by atoms with Crippen LogP contribution in [0.2, 0.25) is 0 Å². The van der Waals surface area contributed by atoms with Crippen molar-refractivity contribution in [2.75, 3.05) is 5.32 Å². The zero-order valence-electron chi connectivity index (χ0n) is 14.0. The van der Waals surface area contributed by atoms with Crippen LogP contribution in [0.4, 0.5) is 10.5 Å². The Balaban J connectivity index is 1.54. The Bertz CT molecular complexity index is 1220. The molecule has 6 nitrogen and oxygen atoms in total. The van der Waals surface area contributed by atoms with Crippen LogP contribution in [0.1, 0.15) is 5.56 Å². The fourth-order valence-corrected chi connectivity index (χ4v) is 3.70. The molecule has 2 N–H and O–H groups in total. The van der Waals surface area contributed by atoms with Gasteiger partial charge in [-0.3, -0.25) is 14.9 Å². The highest BCUT2D eigenvalue weighted by molar-refractivity contribution is 7.24. The summed E-state index contributed by atoms with van der Waals surface area (Å²) < 4.78 is 1.85. The number of benzene rings is 2. The Hall–Kier alpha value is -3.58. The fraction of sp³-hybridized carbons (Fsp3) is 0. The summed E-state index contributed by atoms with van der Waals surface area (Å²) in [4.78, 5) is 32.1. The second kappa shape index (κ2) is 7.35. The lowest BCUT2D eigenvalue weighted by Crippen LogP contribution is -2.11. The Morgan fingerprint density at radius 1 is 1.04 bits per heavy atom. The van der Waals surface area contributed by atoms with Crippen LogP contribution in [0.3, 0.4) is 0 Å². The van der Waals surface area contributed by atoms with E-state index >= 15 is 0 Å². The first-order chi connectivity index (χ1) is 13.2. The summed E-state index contributed by atoms with van der Waals surface area (Å²) in [6, 6.07) is 16.4. The van der Waals surface area contributed by atoms with Crippen LogP contribution in [0.15, 0.2) is 76.9 Å². The molecule has 0 spiro atoms. The van der Waals surface area contributed by atoms with E-state index in [4.69, 9.17) is 4.84 Å². The van der Waals surface area contributed by atoms with Gasteiger partial charge < -0.3 is 0 Å². The Kier molecular flexibility index (Phi) is 4.59. The summed E-state index contributed by atoms with van der Waals surface area (Å²) in [5, 5.41) is 7.55. The van der Waals surface area contributed by atoms with Gasteiger partial charge in [-0.05, 0) is 29.8 Å². The predicted octanol–water partition coefficient (Wildman–Crippen LogP) is 3.81. The van der Waals surface area contributed by atoms with Crippen molar-refractivity contribution in [2.24, 2.45) is 5.16 Å². The van der Waals surface area contributed by atoms with Gasteiger partial charge in [0.05, 0.1) is 11.9 Å². The molecule has 132 valence electrons. The quantitative estimate of drug-likeness (QED) is 0.255. The molecule has 0 radical (unpaired) electrons. The van der Waals surface area contributed by atoms with Crippen molar-refractivity contribution in [3.63, 3.8) is 0 Å². The molecular formula is C20H14N3O3S+. The standard InChI is InChI=1S/C20H13N3O3S/c24-19-15-3-1-2-4-17(15)27-18-6-5-13(11-16(18)19)12-22-26-20(25)23-14-7-9-21-10-8-14/h1-12H,(H,21,23,25)/p+1. The fourth-order valence-electron chi connectivity index (χ4n) is 2.65. The van der Waals surface area contributed by atoms with Gasteiger partial charge in [-0.15, -0.1) is 11.3 Å². The molecule has 2 aromatic carbocycles.